The Morgan fingerprint density at radius 1 is 1.14 bits per heavy atom. The van der Waals surface area contributed by atoms with E-state index in [1.165, 1.54) is 0 Å². The average Bonchev–Trinajstić information content (AvgIpc) is 2.67. The summed E-state index contributed by atoms with van der Waals surface area (Å²) in [6.45, 7) is 1.21. The van der Waals surface area contributed by atoms with Crippen LogP contribution in [0.4, 0.5) is 17.5 Å². The fourth-order valence-corrected chi connectivity index (χ4v) is 3.93. The number of nitrogens with zero attached hydrogens (tertiary/aromatic N) is 3. The van der Waals surface area contributed by atoms with Gasteiger partial charge in [-0.05, 0) is 68.2 Å². The molecule has 9 heteroatoms. The molecule has 0 aliphatic heterocycles. The maximum Gasteiger partial charge on any atom is 0.332 e. The van der Waals surface area contributed by atoms with E-state index in [1.54, 1.807) is 0 Å². The second kappa shape index (κ2) is 9.29. The Hall–Kier alpha value is -2.26. The lowest BCUT2D eigenvalue weighted by Gasteiger charge is -2.27. The molecule has 1 aliphatic carbocycles. The van der Waals surface area contributed by atoms with E-state index in [1.807, 2.05) is 24.3 Å². The van der Waals surface area contributed by atoms with Crippen molar-refractivity contribution in [2.75, 3.05) is 17.6 Å². The molecule has 8 nitrogen and oxygen atoms in total. The molecule has 0 atom stereocenters. The Morgan fingerprint density at radius 2 is 1.79 bits per heavy atom. The third-order valence-corrected chi connectivity index (χ3v) is 5.84. The van der Waals surface area contributed by atoms with E-state index >= 15 is 0 Å². The highest BCUT2D eigenvalue weighted by Gasteiger charge is 2.27. The van der Waals surface area contributed by atoms with Crippen LogP contribution < -0.4 is 16.8 Å². The van der Waals surface area contributed by atoms with Crippen molar-refractivity contribution >= 4 is 33.4 Å². The van der Waals surface area contributed by atoms with E-state index in [0.717, 1.165) is 35.7 Å². The van der Waals surface area contributed by atoms with E-state index in [4.69, 9.17) is 11.5 Å². The topological polar surface area (TPSA) is 133 Å². The molecule has 1 aliphatic rings. The molecule has 1 saturated carbocycles. The predicted octanol–water partition coefficient (Wildman–Crippen LogP) is 3.65. The van der Waals surface area contributed by atoms with Crippen LogP contribution in [0.3, 0.4) is 0 Å². The first-order valence-corrected chi connectivity index (χ1v) is 10.2. The van der Waals surface area contributed by atoms with E-state index in [0.29, 0.717) is 43.0 Å². The molecule has 5 N–H and O–H groups in total. The summed E-state index contributed by atoms with van der Waals surface area (Å²) in [5, 5.41) is 14.6. The maximum atomic E-state index is 11.5. The van der Waals surface area contributed by atoms with E-state index in [9.17, 15) is 10.1 Å². The quantitative estimate of drug-likeness (QED) is 0.434. The summed E-state index contributed by atoms with van der Waals surface area (Å²) in [6.07, 6.45) is 4.66. The van der Waals surface area contributed by atoms with Gasteiger partial charge in [0.15, 0.2) is 0 Å². The summed E-state index contributed by atoms with van der Waals surface area (Å²) >= 11 is 3.40. The smallest absolute Gasteiger partial charge is 0.332 e. The normalized spacial score (nSPS) is 19.4. The number of hydrogen-bond acceptors (Lipinski definition) is 7. The summed E-state index contributed by atoms with van der Waals surface area (Å²) < 4.78 is 0.999. The van der Waals surface area contributed by atoms with Gasteiger partial charge in [-0.1, -0.05) is 28.1 Å². The van der Waals surface area contributed by atoms with E-state index in [-0.39, 0.29) is 11.5 Å². The predicted molar refractivity (Wildman–Crippen MR) is 113 cm³/mol. The Bertz CT molecular complexity index is 822. The van der Waals surface area contributed by atoms with Crippen molar-refractivity contribution < 1.29 is 4.92 Å². The van der Waals surface area contributed by atoms with Crippen LogP contribution >= 0.6 is 15.9 Å². The molecule has 150 valence electrons. The van der Waals surface area contributed by atoms with Gasteiger partial charge >= 0.3 is 5.69 Å². The van der Waals surface area contributed by atoms with Crippen LogP contribution in [0.25, 0.3) is 0 Å². The lowest BCUT2D eigenvalue weighted by Crippen LogP contribution is -2.23. The second-order valence-electron chi connectivity index (χ2n) is 7.29. The van der Waals surface area contributed by atoms with Crippen LogP contribution in [0, 0.1) is 22.0 Å². The summed E-state index contributed by atoms with van der Waals surface area (Å²) in [5.74, 6) is 1.14. The summed E-state index contributed by atoms with van der Waals surface area (Å²) in [5.41, 5.74) is 12.9. The minimum atomic E-state index is -0.477. The van der Waals surface area contributed by atoms with Crippen LogP contribution in [-0.2, 0) is 13.0 Å². The lowest BCUT2D eigenvalue weighted by atomic mass is 9.80. The van der Waals surface area contributed by atoms with Gasteiger partial charge in [0.2, 0.25) is 11.8 Å². The molecule has 1 fully saturated rings. The Morgan fingerprint density at radius 3 is 2.39 bits per heavy atom. The fraction of sp³-hybridized carbons (Fsp3) is 0.474. The first kappa shape index (κ1) is 20.5. The average molecular weight is 449 g/mol. The monoisotopic (exact) mass is 448 g/mol. The van der Waals surface area contributed by atoms with Gasteiger partial charge in [0.1, 0.15) is 5.69 Å². The van der Waals surface area contributed by atoms with Crippen LogP contribution in [0.2, 0.25) is 0 Å². The minimum absolute atomic E-state index is 0.0936. The number of rotatable bonds is 7. The van der Waals surface area contributed by atoms with Crippen molar-refractivity contribution in [2.45, 2.75) is 38.6 Å². The molecule has 0 bridgehead atoms. The van der Waals surface area contributed by atoms with Crippen molar-refractivity contribution in [2.24, 2.45) is 17.6 Å². The molecule has 3 rings (SSSR count). The van der Waals surface area contributed by atoms with Gasteiger partial charge in [0, 0.05) is 11.0 Å². The van der Waals surface area contributed by atoms with Gasteiger partial charge in [-0.25, -0.2) is 4.98 Å². The number of benzene rings is 1. The zero-order chi connectivity index (χ0) is 20.1. The van der Waals surface area contributed by atoms with Crippen LogP contribution in [0.15, 0.2) is 28.7 Å². The SMILES string of the molecule is NCC1CCC(Cc2nc(NCc3ccc(Br)cc3)nc(N)c2[N+](=O)[O-])CC1. The fourth-order valence-electron chi connectivity index (χ4n) is 3.67. The van der Waals surface area contributed by atoms with Crippen LogP contribution in [-0.4, -0.2) is 21.4 Å². The van der Waals surface area contributed by atoms with Gasteiger partial charge in [0.05, 0.1) is 4.92 Å². The largest absolute Gasteiger partial charge is 0.378 e. The summed E-state index contributed by atoms with van der Waals surface area (Å²) in [7, 11) is 0. The van der Waals surface area contributed by atoms with Gasteiger partial charge in [-0.2, -0.15) is 4.98 Å². The standard InChI is InChI=1S/C19H25BrN6O2/c20-15-7-5-14(6-8-15)11-23-19-24-16(17(26(27)28)18(22)25-19)9-12-1-3-13(10-21)4-2-12/h5-8,12-13H,1-4,9-11,21H2,(H3,22,23,24,25). The first-order valence-electron chi connectivity index (χ1n) is 9.45. The molecule has 2 aromatic rings. The number of hydrogen-bond donors (Lipinski definition) is 3. The van der Waals surface area contributed by atoms with Crippen LogP contribution in [0.1, 0.15) is 36.9 Å². The van der Waals surface area contributed by atoms with Crippen molar-refractivity contribution in [1.29, 1.82) is 0 Å². The molecule has 0 radical (unpaired) electrons. The Labute approximate surface area is 172 Å². The highest BCUT2D eigenvalue weighted by molar-refractivity contribution is 9.10. The molecule has 1 aromatic carbocycles. The number of nitrogen functional groups attached to an aromatic ring is 1. The lowest BCUT2D eigenvalue weighted by molar-refractivity contribution is -0.385. The first-order chi connectivity index (χ1) is 13.5. The third-order valence-electron chi connectivity index (χ3n) is 5.31. The molecule has 0 saturated heterocycles. The molecule has 0 amide bonds. The summed E-state index contributed by atoms with van der Waals surface area (Å²) in [4.78, 5) is 19.6. The Balaban J connectivity index is 1.75. The third kappa shape index (κ3) is 5.17. The van der Waals surface area contributed by atoms with E-state index < -0.39 is 4.92 Å². The number of nitro groups is 1. The number of nitrogens with two attached hydrogens (primary N) is 2. The number of anilines is 2. The number of halogens is 1. The molecule has 28 heavy (non-hydrogen) atoms. The maximum absolute atomic E-state index is 11.5. The molecule has 1 heterocycles. The van der Waals surface area contributed by atoms with Crippen molar-refractivity contribution in [3.63, 3.8) is 0 Å². The van der Waals surface area contributed by atoms with Crippen molar-refractivity contribution in [3.05, 3.63) is 50.1 Å². The van der Waals surface area contributed by atoms with Gasteiger partial charge in [0.25, 0.3) is 0 Å². The molecular formula is C19H25BrN6O2. The molecule has 0 spiro atoms. The van der Waals surface area contributed by atoms with Crippen LogP contribution in [0.5, 0.6) is 0 Å². The molecule has 1 aromatic heterocycles. The number of nitrogens with one attached hydrogen (secondary N) is 1. The van der Waals surface area contributed by atoms with Gasteiger partial charge in [-0.15, -0.1) is 0 Å². The zero-order valence-corrected chi connectivity index (χ0v) is 17.2. The summed E-state index contributed by atoms with van der Waals surface area (Å²) in [6, 6.07) is 7.85. The molecular weight excluding hydrogens is 424 g/mol. The highest BCUT2D eigenvalue weighted by Crippen LogP contribution is 2.34. The minimum Gasteiger partial charge on any atom is -0.378 e. The molecule has 0 unspecified atom stereocenters. The van der Waals surface area contributed by atoms with Gasteiger partial charge < -0.3 is 16.8 Å². The van der Waals surface area contributed by atoms with Gasteiger partial charge in [-0.3, -0.25) is 10.1 Å². The Kier molecular flexibility index (Phi) is 6.79. The second-order valence-corrected chi connectivity index (χ2v) is 8.21. The van der Waals surface area contributed by atoms with Crippen molar-refractivity contribution in [1.82, 2.24) is 9.97 Å². The van der Waals surface area contributed by atoms with Crippen molar-refractivity contribution in [3.8, 4) is 0 Å². The highest BCUT2D eigenvalue weighted by atomic mass is 79.9. The van der Waals surface area contributed by atoms with E-state index in [2.05, 4.69) is 31.2 Å². The number of aromatic nitrogens is 2. The zero-order valence-electron chi connectivity index (χ0n) is 15.6.